The highest BCUT2D eigenvalue weighted by Gasteiger charge is 2.18. The maximum absolute atomic E-state index is 13.7. The lowest BCUT2D eigenvalue weighted by Crippen LogP contribution is -2.12. The summed E-state index contributed by atoms with van der Waals surface area (Å²) in [5.41, 5.74) is -0.200. The number of para-hydroxylation sites is 1. The SMILES string of the molecule is Cc1cnc(C(C)Nc2c(F)cccc2C(=O)O)o1. The summed E-state index contributed by atoms with van der Waals surface area (Å²) in [7, 11) is 0. The van der Waals surface area contributed by atoms with E-state index in [4.69, 9.17) is 9.52 Å². The maximum atomic E-state index is 13.7. The first kappa shape index (κ1) is 13.1. The second kappa shape index (κ2) is 5.09. The van der Waals surface area contributed by atoms with E-state index in [0.717, 1.165) is 0 Å². The van der Waals surface area contributed by atoms with E-state index < -0.39 is 17.8 Å². The molecule has 1 unspecified atom stereocenters. The number of aromatic nitrogens is 1. The summed E-state index contributed by atoms with van der Waals surface area (Å²) < 4.78 is 19.0. The number of aromatic carboxylic acids is 1. The molecule has 0 aliphatic heterocycles. The Balaban J connectivity index is 2.30. The molecule has 19 heavy (non-hydrogen) atoms. The number of rotatable bonds is 4. The van der Waals surface area contributed by atoms with Gasteiger partial charge in [0.25, 0.3) is 0 Å². The van der Waals surface area contributed by atoms with Crippen molar-refractivity contribution in [2.75, 3.05) is 5.32 Å². The summed E-state index contributed by atoms with van der Waals surface area (Å²) in [5.74, 6) is -0.819. The van der Waals surface area contributed by atoms with Crippen molar-refractivity contribution in [2.45, 2.75) is 19.9 Å². The molecule has 1 aromatic carbocycles. The van der Waals surface area contributed by atoms with Crippen molar-refractivity contribution in [2.24, 2.45) is 0 Å². The minimum Gasteiger partial charge on any atom is -0.478 e. The fourth-order valence-corrected chi connectivity index (χ4v) is 1.70. The van der Waals surface area contributed by atoms with Crippen molar-refractivity contribution in [1.29, 1.82) is 0 Å². The van der Waals surface area contributed by atoms with E-state index in [0.29, 0.717) is 11.7 Å². The summed E-state index contributed by atoms with van der Waals surface area (Å²) in [5, 5.41) is 11.8. The number of anilines is 1. The minimum absolute atomic E-state index is 0.0710. The quantitative estimate of drug-likeness (QED) is 0.887. The molecule has 0 fully saturated rings. The molecule has 0 aliphatic carbocycles. The maximum Gasteiger partial charge on any atom is 0.337 e. The average molecular weight is 264 g/mol. The molecular formula is C13H13FN2O3. The van der Waals surface area contributed by atoms with Gasteiger partial charge in [0.15, 0.2) is 0 Å². The smallest absolute Gasteiger partial charge is 0.337 e. The molecule has 0 bridgehead atoms. The van der Waals surface area contributed by atoms with Gasteiger partial charge in [-0.2, -0.15) is 0 Å². The van der Waals surface area contributed by atoms with Gasteiger partial charge in [0.2, 0.25) is 5.89 Å². The van der Waals surface area contributed by atoms with Gasteiger partial charge in [0.1, 0.15) is 17.6 Å². The molecule has 0 saturated heterocycles. The number of hydrogen-bond acceptors (Lipinski definition) is 4. The Bertz CT molecular complexity index is 610. The van der Waals surface area contributed by atoms with E-state index in [1.54, 1.807) is 20.0 Å². The first-order valence-corrected chi connectivity index (χ1v) is 5.69. The number of aryl methyl sites for hydroxylation is 1. The third-order valence-corrected chi connectivity index (χ3v) is 2.61. The Morgan fingerprint density at radius 3 is 2.84 bits per heavy atom. The fraction of sp³-hybridized carbons (Fsp3) is 0.231. The summed E-state index contributed by atoms with van der Waals surface area (Å²) in [4.78, 5) is 15.1. The lowest BCUT2D eigenvalue weighted by Gasteiger charge is -2.14. The zero-order valence-electron chi connectivity index (χ0n) is 10.5. The number of nitrogens with zero attached hydrogens (tertiary/aromatic N) is 1. The molecule has 0 aliphatic rings. The van der Waals surface area contributed by atoms with Crippen LogP contribution in [-0.4, -0.2) is 16.1 Å². The number of oxazole rings is 1. The van der Waals surface area contributed by atoms with Crippen LogP contribution in [0.5, 0.6) is 0 Å². The second-order valence-corrected chi connectivity index (χ2v) is 4.14. The third kappa shape index (κ3) is 2.73. The summed E-state index contributed by atoms with van der Waals surface area (Å²) in [6.07, 6.45) is 1.55. The van der Waals surface area contributed by atoms with E-state index in [1.165, 1.54) is 18.2 Å². The summed E-state index contributed by atoms with van der Waals surface area (Å²) in [6.45, 7) is 3.46. The van der Waals surface area contributed by atoms with Gasteiger partial charge in [-0.15, -0.1) is 0 Å². The molecular weight excluding hydrogens is 251 g/mol. The number of nitrogens with one attached hydrogen (secondary N) is 1. The van der Waals surface area contributed by atoms with Crippen LogP contribution in [0.25, 0.3) is 0 Å². The molecule has 2 rings (SSSR count). The van der Waals surface area contributed by atoms with Crippen LogP contribution in [0.3, 0.4) is 0 Å². The van der Waals surface area contributed by atoms with Crippen molar-refractivity contribution >= 4 is 11.7 Å². The zero-order chi connectivity index (χ0) is 14.0. The van der Waals surface area contributed by atoms with Gasteiger partial charge in [-0.3, -0.25) is 0 Å². The first-order chi connectivity index (χ1) is 8.99. The number of hydrogen-bond donors (Lipinski definition) is 2. The Hall–Kier alpha value is -2.37. The highest BCUT2D eigenvalue weighted by Crippen LogP contribution is 2.25. The van der Waals surface area contributed by atoms with Crippen molar-refractivity contribution < 1.29 is 18.7 Å². The summed E-state index contributed by atoms with van der Waals surface area (Å²) in [6, 6.07) is 3.44. The average Bonchev–Trinajstić information content (AvgIpc) is 2.78. The van der Waals surface area contributed by atoms with Gasteiger partial charge in [0.05, 0.1) is 17.4 Å². The topological polar surface area (TPSA) is 75.4 Å². The van der Waals surface area contributed by atoms with E-state index >= 15 is 0 Å². The zero-order valence-corrected chi connectivity index (χ0v) is 10.5. The number of carboxylic acid groups (broad SMARTS) is 1. The van der Waals surface area contributed by atoms with Gasteiger partial charge in [-0.25, -0.2) is 14.2 Å². The van der Waals surface area contributed by atoms with Gasteiger partial charge < -0.3 is 14.8 Å². The molecule has 6 heteroatoms. The van der Waals surface area contributed by atoms with Crippen LogP contribution in [0.15, 0.2) is 28.8 Å². The molecule has 5 nitrogen and oxygen atoms in total. The number of benzene rings is 1. The molecule has 0 saturated carbocycles. The monoisotopic (exact) mass is 264 g/mol. The van der Waals surface area contributed by atoms with Crippen LogP contribution in [0.2, 0.25) is 0 Å². The number of carboxylic acids is 1. The Labute approximate surface area is 109 Å². The van der Waals surface area contributed by atoms with Crippen molar-refractivity contribution in [3.8, 4) is 0 Å². The molecule has 1 aromatic heterocycles. The van der Waals surface area contributed by atoms with Crippen LogP contribution in [0, 0.1) is 12.7 Å². The van der Waals surface area contributed by atoms with Crippen LogP contribution < -0.4 is 5.32 Å². The van der Waals surface area contributed by atoms with Crippen LogP contribution in [0.4, 0.5) is 10.1 Å². The van der Waals surface area contributed by atoms with Crippen LogP contribution in [0.1, 0.15) is 35.0 Å². The first-order valence-electron chi connectivity index (χ1n) is 5.69. The van der Waals surface area contributed by atoms with Gasteiger partial charge in [-0.05, 0) is 26.0 Å². The van der Waals surface area contributed by atoms with E-state index in [-0.39, 0.29) is 11.3 Å². The fourth-order valence-electron chi connectivity index (χ4n) is 1.70. The number of halogens is 1. The molecule has 0 amide bonds. The van der Waals surface area contributed by atoms with Crippen molar-refractivity contribution in [3.05, 3.63) is 47.4 Å². The van der Waals surface area contributed by atoms with Gasteiger partial charge in [0, 0.05) is 0 Å². The van der Waals surface area contributed by atoms with E-state index in [2.05, 4.69) is 10.3 Å². The van der Waals surface area contributed by atoms with E-state index in [1.807, 2.05) is 0 Å². The Morgan fingerprint density at radius 2 is 2.26 bits per heavy atom. The predicted octanol–water partition coefficient (Wildman–Crippen LogP) is 2.99. The minimum atomic E-state index is -1.20. The largest absolute Gasteiger partial charge is 0.478 e. The molecule has 0 radical (unpaired) electrons. The molecule has 100 valence electrons. The highest BCUT2D eigenvalue weighted by molar-refractivity contribution is 5.94. The number of carbonyl (C=O) groups is 1. The van der Waals surface area contributed by atoms with Crippen molar-refractivity contribution in [1.82, 2.24) is 4.98 Å². The lowest BCUT2D eigenvalue weighted by molar-refractivity contribution is 0.0697. The molecule has 0 spiro atoms. The Kier molecular flexibility index (Phi) is 3.50. The highest BCUT2D eigenvalue weighted by atomic mass is 19.1. The van der Waals surface area contributed by atoms with Gasteiger partial charge in [-0.1, -0.05) is 6.07 Å². The van der Waals surface area contributed by atoms with Crippen LogP contribution >= 0.6 is 0 Å². The molecule has 2 N–H and O–H groups in total. The van der Waals surface area contributed by atoms with Gasteiger partial charge >= 0.3 is 5.97 Å². The molecule has 2 aromatic rings. The Morgan fingerprint density at radius 1 is 1.53 bits per heavy atom. The van der Waals surface area contributed by atoms with Crippen LogP contribution in [-0.2, 0) is 0 Å². The second-order valence-electron chi connectivity index (χ2n) is 4.14. The summed E-state index contributed by atoms with van der Waals surface area (Å²) >= 11 is 0. The third-order valence-electron chi connectivity index (χ3n) is 2.61. The molecule has 1 heterocycles. The molecule has 1 atom stereocenters. The normalized spacial score (nSPS) is 12.2. The lowest BCUT2D eigenvalue weighted by atomic mass is 10.1. The predicted molar refractivity (Wildman–Crippen MR) is 66.6 cm³/mol. The standard InChI is InChI=1S/C13H13FN2O3/c1-7-6-15-12(19-7)8(2)16-11-9(13(17)18)4-3-5-10(11)14/h3-6,8,16H,1-2H3,(H,17,18). The van der Waals surface area contributed by atoms with Crippen molar-refractivity contribution in [3.63, 3.8) is 0 Å². The van der Waals surface area contributed by atoms with E-state index in [9.17, 15) is 9.18 Å².